The van der Waals surface area contributed by atoms with Crippen molar-refractivity contribution in [1.29, 1.82) is 0 Å². The Bertz CT molecular complexity index is 1100. The van der Waals surface area contributed by atoms with Crippen LogP contribution in [0.3, 0.4) is 0 Å². The van der Waals surface area contributed by atoms with Gasteiger partial charge in [-0.25, -0.2) is 17.6 Å². The fourth-order valence-corrected chi connectivity index (χ4v) is 4.08. The first-order chi connectivity index (χ1) is 11.8. The van der Waals surface area contributed by atoms with E-state index >= 15 is 0 Å². The summed E-state index contributed by atoms with van der Waals surface area (Å²) in [7, 11) is -4.20. The predicted octanol–water partition coefficient (Wildman–Crippen LogP) is 4.13. The molecule has 0 aliphatic heterocycles. The summed E-state index contributed by atoms with van der Waals surface area (Å²) in [6.45, 7) is 0. The number of sulfonamides is 1. The molecule has 0 aliphatic rings. The third-order valence-electron chi connectivity index (χ3n) is 3.57. The summed E-state index contributed by atoms with van der Waals surface area (Å²) in [6.07, 6.45) is 0. The van der Waals surface area contributed by atoms with E-state index in [0.29, 0.717) is 10.8 Å². The summed E-state index contributed by atoms with van der Waals surface area (Å²) in [4.78, 5) is 11.3. The minimum atomic E-state index is -4.20. The molecule has 0 fully saturated rings. The van der Waals surface area contributed by atoms with Gasteiger partial charge in [-0.05, 0) is 35.0 Å². The monoisotopic (exact) mass is 379 g/mol. The molecule has 2 N–H and O–H groups in total. The number of carboxylic acids is 1. The summed E-state index contributed by atoms with van der Waals surface area (Å²) in [5, 5.41) is 10.3. The van der Waals surface area contributed by atoms with Crippen LogP contribution >= 0.6 is 11.6 Å². The second-order valence-corrected chi connectivity index (χ2v) is 7.25. The number of nitrogens with one attached hydrogen (secondary N) is 1. The van der Waals surface area contributed by atoms with Crippen LogP contribution in [0.25, 0.3) is 10.8 Å². The molecule has 3 rings (SSSR count). The summed E-state index contributed by atoms with van der Waals surface area (Å²) in [5.41, 5.74) is -0.286. The van der Waals surface area contributed by atoms with Gasteiger partial charge in [0, 0.05) is 0 Å². The van der Waals surface area contributed by atoms with Gasteiger partial charge in [0.05, 0.1) is 16.3 Å². The number of hydrogen-bond acceptors (Lipinski definition) is 3. The molecule has 5 nitrogen and oxygen atoms in total. The zero-order chi connectivity index (χ0) is 18.2. The fraction of sp³-hybridized carbons (Fsp3) is 0. The van der Waals surface area contributed by atoms with Crippen LogP contribution in [0.5, 0.6) is 0 Å². The van der Waals surface area contributed by atoms with E-state index in [-0.39, 0.29) is 21.2 Å². The van der Waals surface area contributed by atoms with Crippen LogP contribution in [-0.2, 0) is 10.0 Å². The predicted molar refractivity (Wildman–Crippen MR) is 93.1 cm³/mol. The maximum absolute atomic E-state index is 13.1. The molecule has 0 radical (unpaired) electrons. The summed E-state index contributed by atoms with van der Waals surface area (Å²) in [5.74, 6) is -1.96. The number of benzene rings is 3. The van der Waals surface area contributed by atoms with Gasteiger partial charge in [-0.15, -0.1) is 0 Å². The number of hydrogen-bond donors (Lipinski definition) is 2. The van der Waals surface area contributed by atoms with Crippen molar-refractivity contribution >= 4 is 44.1 Å². The smallest absolute Gasteiger partial charge is 0.338 e. The Morgan fingerprint density at radius 3 is 2.48 bits per heavy atom. The van der Waals surface area contributed by atoms with Crippen LogP contribution in [0.1, 0.15) is 10.4 Å². The van der Waals surface area contributed by atoms with E-state index in [1.807, 2.05) is 0 Å². The highest BCUT2D eigenvalue weighted by molar-refractivity contribution is 7.92. The second kappa shape index (κ2) is 6.34. The molecule has 0 aromatic heterocycles. The summed E-state index contributed by atoms with van der Waals surface area (Å²) >= 11 is 5.80. The Balaban J connectivity index is 2.14. The average Bonchev–Trinajstić information content (AvgIpc) is 2.53. The molecule has 0 spiro atoms. The molecule has 0 saturated heterocycles. The Kier molecular flexibility index (Phi) is 4.36. The van der Waals surface area contributed by atoms with E-state index in [4.69, 9.17) is 11.6 Å². The first-order valence-electron chi connectivity index (χ1n) is 7.02. The maximum atomic E-state index is 13.1. The number of rotatable bonds is 4. The van der Waals surface area contributed by atoms with Crippen LogP contribution in [0, 0.1) is 5.82 Å². The summed E-state index contributed by atoms with van der Waals surface area (Å²) in [6, 6.07) is 12.5. The highest BCUT2D eigenvalue weighted by atomic mass is 35.5. The lowest BCUT2D eigenvalue weighted by atomic mass is 10.0. The van der Waals surface area contributed by atoms with Crippen LogP contribution in [0.15, 0.2) is 59.5 Å². The topological polar surface area (TPSA) is 83.5 Å². The maximum Gasteiger partial charge on any atom is 0.338 e. The number of anilines is 1. The Morgan fingerprint density at radius 1 is 1.08 bits per heavy atom. The molecule has 3 aromatic carbocycles. The number of carbonyl (C=O) groups is 1. The number of carboxylic acid groups (broad SMARTS) is 1. The molecule has 0 aliphatic carbocycles. The summed E-state index contributed by atoms with van der Waals surface area (Å²) < 4.78 is 40.4. The first-order valence-corrected chi connectivity index (χ1v) is 8.88. The largest absolute Gasteiger partial charge is 0.478 e. The molecule has 25 heavy (non-hydrogen) atoms. The molecular weight excluding hydrogens is 369 g/mol. The van der Waals surface area contributed by atoms with E-state index < -0.39 is 21.8 Å². The van der Waals surface area contributed by atoms with E-state index in [1.165, 1.54) is 6.07 Å². The molecule has 0 heterocycles. The van der Waals surface area contributed by atoms with Gasteiger partial charge in [-0.1, -0.05) is 41.9 Å². The van der Waals surface area contributed by atoms with Gasteiger partial charge in [0.2, 0.25) is 0 Å². The molecular formula is C17H11ClFNO4S. The SMILES string of the molecule is O=C(O)c1c(NS(=O)(=O)c2ccc(F)cc2Cl)ccc2ccccc12. The molecule has 0 saturated carbocycles. The Hall–Kier alpha value is -2.64. The third kappa shape index (κ3) is 3.29. The standard InChI is InChI=1S/C17H11ClFNO4S/c18-13-9-11(19)6-8-15(13)25(23,24)20-14-7-5-10-3-1-2-4-12(10)16(14)17(21)22/h1-9,20H,(H,21,22). The van der Waals surface area contributed by atoms with Crippen molar-refractivity contribution in [2.75, 3.05) is 4.72 Å². The number of halogens is 2. The molecule has 0 amide bonds. The third-order valence-corrected chi connectivity index (χ3v) is 5.42. The van der Waals surface area contributed by atoms with E-state index in [2.05, 4.69) is 4.72 Å². The van der Waals surface area contributed by atoms with Gasteiger partial charge in [0.15, 0.2) is 0 Å². The Morgan fingerprint density at radius 2 is 1.80 bits per heavy atom. The molecule has 0 bridgehead atoms. The van der Waals surface area contributed by atoms with Crippen molar-refractivity contribution in [2.24, 2.45) is 0 Å². The number of aromatic carboxylic acids is 1. The van der Waals surface area contributed by atoms with Crippen molar-refractivity contribution in [2.45, 2.75) is 4.90 Å². The van der Waals surface area contributed by atoms with Gasteiger partial charge < -0.3 is 5.11 Å². The molecule has 0 atom stereocenters. The average molecular weight is 380 g/mol. The lowest BCUT2D eigenvalue weighted by molar-refractivity contribution is 0.0700. The van der Waals surface area contributed by atoms with Crippen LogP contribution in [0.2, 0.25) is 5.02 Å². The lowest BCUT2D eigenvalue weighted by Gasteiger charge is -2.13. The zero-order valence-electron chi connectivity index (χ0n) is 12.5. The van der Waals surface area contributed by atoms with Crippen molar-refractivity contribution in [1.82, 2.24) is 0 Å². The van der Waals surface area contributed by atoms with E-state index in [9.17, 15) is 22.7 Å². The number of fused-ring (bicyclic) bond motifs is 1. The van der Waals surface area contributed by atoms with Crippen LogP contribution in [-0.4, -0.2) is 19.5 Å². The highest BCUT2D eigenvalue weighted by Gasteiger charge is 2.22. The van der Waals surface area contributed by atoms with Crippen molar-refractivity contribution in [3.05, 3.63) is 71.0 Å². The molecule has 8 heteroatoms. The van der Waals surface area contributed by atoms with Gasteiger partial charge in [-0.2, -0.15) is 0 Å². The van der Waals surface area contributed by atoms with Gasteiger partial charge >= 0.3 is 5.97 Å². The van der Waals surface area contributed by atoms with Crippen LogP contribution < -0.4 is 4.72 Å². The lowest BCUT2D eigenvalue weighted by Crippen LogP contribution is -2.16. The van der Waals surface area contributed by atoms with Crippen LogP contribution in [0.4, 0.5) is 10.1 Å². The van der Waals surface area contributed by atoms with E-state index in [0.717, 1.165) is 18.2 Å². The normalized spacial score (nSPS) is 11.4. The van der Waals surface area contributed by atoms with Gasteiger partial charge in [-0.3, -0.25) is 4.72 Å². The second-order valence-electron chi connectivity index (χ2n) is 5.19. The molecule has 128 valence electrons. The molecule has 0 unspecified atom stereocenters. The van der Waals surface area contributed by atoms with Gasteiger partial charge in [0.1, 0.15) is 10.7 Å². The molecule has 3 aromatic rings. The minimum Gasteiger partial charge on any atom is -0.478 e. The minimum absolute atomic E-state index is 0.105. The van der Waals surface area contributed by atoms with Gasteiger partial charge in [0.25, 0.3) is 10.0 Å². The fourth-order valence-electron chi connectivity index (χ4n) is 2.48. The quantitative estimate of drug-likeness (QED) is 0.713. The van der Waals surface area contributed by atoms with Crippen molar-refractivity contribution in [3.63, 3.8) is 0 Å². The Labute approximate surface area is 147 Å². The van der Waals surface area contributed by atoms with Crippen molar-refractivity contribution in [3.8, 4) is 0 Å². The zero-order valence-corrected chi connectivity index (χ0v) is 14.1. The van der Waals surface area contributed by atoms with Crippen molar-refractivity contribution < 1.29 is 22.7 Å². The van der Waals surface area contributed by atoms with E-state index in [1.54, 1.807) is 30.3 Å². The first kappa shape index (κ1) is 17.2. The highest BCUT2D eigenvalue weighted by Crippen LogP contribution is 2.30.